The number of imidazole rings is 1. The minimum absolute atomic E-state index is 0.0378. The number of nitrogens with zero attached hydrogens (tertiary/aromatic N) is 1. The standard InChI is InChI=1S/C14H19N3S/c1-9(2)13(15)14-16-8-12(17-14)10-4-6-11(18-3)7-5-10/h4-9,13H,15H2,1-3H3,(H,16,17). The molecule has 1 aromatic heterocycles. The molecule has 1 atom stereocenters. The Balaban J connectivity index is 2.23. The summed E-state index contributed by atoms with van der Waals surface area (Å²) in [4.78, 5) is 8.94. The normalized spacial score (nSPS) is 12.9. The Morgan fingerprint density at radius 3 is 2.44 bits per heavy atom. The summed E-state index contributed by atoms with van der Waals surface area (Å²) < 4.78 is 0. The Morgan fingerprint density at radius 2 is 1.89 bits per heavy atom. The summed E-state index contributed by atoms with van der Waals surface area (Å²) in [5.41, 5.74) is 8.24. The minimum Gasteiger partial charge on any atom is -0.341 e. The number of nitrogens with one attached hydrogen (secondary N) is 1. The van der Waals surface area contributed by atoms with Gasteiger partial charge in [-0.25, -0.2) is 4.98 Å². The van der Waals surface area contributed by atoms with E-state index in [2.05, 4.69) is 54.3 Å². The van der Waals surface area contributed by atoms with Crippen molar-refractivity contribution in [2.24, 2.45) is 11.7 Å². The number of hydrogen-bond acceptors (Lipinski definition) is 3. The van der Waals surface area contributed by atoms with Crippen LogP contribution in [0.15, 0.2) is 35.4 Å². The molecule has 4 heteroatoms. The van der Waals surface area contributed by atoms with Gasteiger partial charge in [0.1, 0.15) is 5.82 Å². The Kier molecular flexibility index (Phi) is 4.09. The Hall–Kier alpha value is -1.26. The summed E-state index contributed by atoms with van der Waals surface area (Å²) >= 11 is 1.74. The van der Waals surface area contributed by atoms with Gasteiger partial charge in [0.15, 0.2) is 0 Å². The monoisotopic (exact) mass is 261 g/mol. The van der Waals surface area contributed by atoms with E-state index in [0.29, 0.717) is 5.92 Å². The third-order valence-electron chi connectivity index (χ3n) is 3.03. The Labute approximate surface area is 112 Å². The van der Waals surface area contributed by atoms with Crippen molar-refractivity contribution in [2.45, 2.75) is 24.8 Å². The number of aromatic nitrogens is 2. The highest BCUT2D eigenvalue weighted by Crippen LogP contribution is 2.23. The fourth-order valence-corrected chi connectivity index (χ4v) is 2.15. The lowest BCUT2D eigenvalue weighted by Crippen LogP contribution is -2.18. The van der Waals surface area contributed by atoms with Crippen LogP contribution in [0.25, 0.3) is 11.3 Å². The number of aromatic amines is 1. The maximum absolute atomic E-state index is 6.08. The van der Waals surface area contributed by atoms with Crippen molar-refractivity contribution in [1.82, 2.24) is 9.97 Å². The van der Waals surface area contributed by atoms with E-state index in [-0.39, 0.29) is 6.04 Å². The third kappa shape index (κ3) is 2.76. The van der Waals surface area contributed by atoms with E-state index in [1.54, 1.807) is 11.8 Å². The van der Waals surface area contributed by atoms with Crippen LogP contribution in [0.1, 0.15) is 25.7 Å². The molecule has 0 saturated carbocycles. The van der Waals surface area contributed by atoms with E-state index in [9.17, 15) is 0 Å². The molecule has 2 aromatic rings. The van der Waals surface area contributed by atoms with Crippen LogP contribution in [-0.2, 0) is 0 Å². The number of hydrogen-bond donors (Lipinski definition) is 2. The van der Waals surface area contributed by atoms with Gasteiger partial charge >= 0.3 is 0 Å². The van der Waals surface area contributed by atoms with Gasteiger partial charge in [0.25, 0.3) is 0 Å². The molecule has 0 aliphatic carbocycles. The Morgan fingerprint density at radius 1 is 1.22 bits per heavy atom. The second-order valence-corrected chi connectivity index (χ2v) is 5.56. The SMILES string of the molecule is CSc1ccc(-c2cnc(C(N)C(C)C)[nH]2)cc1. The van der Waals surface area contributed by atoms with Crippen molar-refractivity contribution in [3.05, 3.63) is 36.3 Å². The number of H-pyrrole nitrogens is 1. The predicted molar refractivity (Wildman–Crippen MR) is 77.6 cm³/mol. The van der Waals surface area contributed by atoms with E-state index < -0.39 is 0 Å². The molecule has 0 fully saturated rings. The fourth-order valence-electron chi connectivity index (χ4n) is 1.74. The molecule has 0 bridgehead atoms. The zero-order valence-corrected chi connectivity index (χ0v) is 11.8. The van der Waals surface area contributed by atoms with Crippen LogP contribution in [0.3, 0.4) is 0 Å². The van der Waals surface area contributed by atoms with Crippen LogP contribution in [0.5, 0.6) is 0 Å². The highest BCUT2D eigenvalue weighted by molar-refractivity contribution is 7.98. The molecule has 1 unspecified atom stereocenters. The first-order valence-corrected chi connectivity index (χ1v) is 7.29. The molecule has 0 amide bonds. The molecule has 0 saturated heterocycles. The molecule has 0 aliphatic heterocycles. The lowest BCUT2D eigenvalue weighted by molar-refractivity contribution is 0.494. The van der Waals surface area contributed by atoms with Crippen LogP contribution in [0.2, 0.25) is 0 Å². The lowest BCUT2D eigenvalue weighted by Gasteiger charge is -2.12. The van der Waals surface area contributed by atoms with Crippen LogP contribution in [0, 0.1) is 5.92 Å². The lowest BCUT2D eigenvalue weighted by atomic mass is 10.1. The first-order chi connectivity index (χ1) is 8.61. The van der Waals surface area contributed by atoms with Gasteiger partial charge in [-0.15, -0.1) is 11.8 Å². The van der Waals surface area contributed by atoms with Crippen molar-refractivity contribution in [3.8, 4) is 11.3 Å². The fraction of sp³-hybridized carbons (Fsp3) is 0.357. The van der Waals surface area contributed by atoms with Crippen molar-refractivity contribution >= 4 is 11.8 Å². The first kappa shape index (κ1) is 13.2. The van der Waals surface area contributed by atoms with Crippen molar-refractivity contribution in [1.29, 1.82) is 0 Å². The molecule has 0 aliphatic rings. The van der Waals surface area contributed by atoms with Gasteiger partial charge in [0, 0.05) is 4.90 Å². The highest BCUT2D eigenvalue weighted by atomic mass is 32.2. The highest BCUT2D eigenvalue weighted by Gasteiger charge is 2.14. The molecule has 0 spiro atoms. The van der Waals surface area contributed by atoms with E-state index in [4.69, 9.17) is 5.73 Å². The van der Waals surface area contributed by atoms with Gasteiger partial charge in [-0.3, -0.25) is 0 Å². The van der Waals surface area contributed by atoms with Crippen molar-refractivity contribution in [3.63, 3.8) is 0 Å². The molecule has 2 rings (SSSR count). The van der Waals surface area contributed by atoms with Crippen LogP contribution < -0.4 is 5.73 Å². The minimum atomic E-state index is -0.0378. The number of thioether (sulfide) groups is 1. The van der Waals surface area contributed by atoms with Crippen molar-refractivity contribution in [2.75, 3.05) is 6.26 Å². The van der Waals surface area contributed by atoms with Crippen LogP contribution in [-0.4, -0.2) is 16.2 Å². The molecule has 3 nitrogen and oxygen atoms in total. The number of nitrogens with two attached hydrogens (primary N) is 1. The van der Waals surface area contributed by atoms with E-state index in [0.717, 1.165) is 17.1 Å². The topological polar surface area (TPSA) is 54.7 Å². The Bertz CT molecular complexity index is 502. The molecular weight excluding hydrogens is 242 g/mol. The summed E-state index contributed by atoms with van der Waals surface area (Å²) in [6.07, 6.45) is 3.93. The smallest absolute Gasteiger partial charge is 0.123 e. The summed E-state index contributed by atoms with van der Waals surface area (Å²) in [6, 6.07) is 8.39. The molecule has 1 heterocycles. The largest absolute Gasteiger partial charge is 0.341 e. The van der Waals surface area contributed by atoms with Gasteiger partial charge in [0.05, 0.1) is 17.9 Å². The second kappa shape index (κ2) is 5.59. The average molecular weight is 261 g/mol. The maximum atomic E-state index is 6.08. The number of rotatable bonds is 4. The van der Waals surface area contributed by atoms with Gasteiger partial charge in [-0.2, -0.15) is 0 Å². The third-order valence-corrected chi connectivity index (χ3v) is 3.77. The second-order valence-electron chi connectivity index (χ2n) is 4.68. The summed E-state index contributed by atoms with van der Waals surface area (Å²) in [5.74, 6) is 1.23. The summed E-state index contributed by atoms with van der Waals surface area (Å²) in [5, 5.41) is 0. The van der Waals surface area contributed by atoms with Gasteiger partial charge in [-0.1, -0.05) is 26.0 Å². The van der Waals surface area contributed by atoms with E-state index in [1.807, 2.05) is 6.20 Å². The van der Waals surface area contributed by atoms with Gasteiger partial charge < -0.3 is 10.7 Å². The predicted octanol–water partition coefficient (Wildman–Crippen LogP) is 3.45. The van der Waals surface area contributed by atoms with Crippen molar-refractivity contribution < 1.29 is 0 Å². The van der Waals surface area contributed by atoms with E-state index >= 15 is 0 Å². The van der Waals surface area contributed by atoms with Gasteiger partial charge in [-0.05, 0) is 29.9 Å². The summed E-state index contributed by atoms with van der Waals surface area (Å²) in [7, 11) is 0. The average Bonchev–Trinajstić information content (AvgIpc) is 2.87. The molecule has 0 radical (unpaired) electrons. The summed E-state index contributed by atoms with van der Waals surface area (Å²) in [6.45, 7) is 4.19. The maximum Gasteiger partial charge on any atom is 0.123 e. The quantitative estimate of drug-likeness (QED) is 0.829. The van der Waals surface area contributed by atoms with E-state index in [1.165, 1.54) is 4.90 Å². The zero-order chi connectivity index (χ0) is 13.1. The van der Waals surface area contributed by atoms with Gasteiger partial charge in [0.2, 0.25) is 0 Å². The number of benzene rings is 1. The first-order valence-electron chi connectivity index (χ1n) is 6.06. The van der Waals surface area contributed by atoms with Crippen LogP contribution >= 0.6 is 11.8 Å². The van der Waals surface area contributed by atoms with Crippen LogP contribution in [0.4, 0.5) is 0 Å². The molecule has 96 valence electrons. The molecule has 1 aromatic carbocycles. The molecule has 18 heavy (non-hydrogen) atoms. The molecular formula is C14H19N3S. The molecule has 3 N–H and O–H groups in total. The zero-order valence-electron chi connectivity index (χ0n) is 11.0.